The SMILES string of the molecule is CC(C(=O)NC1CC1)N1CCN(C(=O)c2cc3ccccc3c(=O)[nH]2)CC1. The molecule has 1 atom stereocenters. The first kappa shape index (κ1) is 17.7. The summed E-state index contributed by atoms with van der Waals surface area (Å²) in [6, 6.07) is 9.13. The van der Waals surface area contributed by atoms with Gasteiger partial charge in [0, 0.05) is 37.6 Å². The Kier molecular flexibility index (Phi) is 4.70. The van der Waals surface area contributed by atoms with Gasteiger partial charge >= 0.3 is 0 Å². The number of hydrogen-bond donors (Lipinski definition) is 2. The fourth-order valence-corrected chi connectivity index (χ4v) is 3.52. The number of nitrogens with one attached hydrogen (secondary N) is 2. The van der Waals surface area contributed by atoms with Gasteiger partial charge in [0.25, 0.3) is 11.5 Å². The molecule has 1 aliphatic heterocycles. The van der Waals surface area contributed by atoms with Crippen molar-refractivity contribution in [2.24, 2.45) is 0 Å². The van der Waals surface area contributed by atoms with Crippen LogP contribution in [0.5, 0.6) is 0 Å². The maximum Gasteiger partial charge on any atom is 0.270 e. The van der Waals surface area contributed by atoms with Gasteiger partial charge < -0.3 is 15.2 Å². The number of amides is 2. The van der Waals surface area contributed by atoms with E-state index in [2.05, 4.69) is 15.2 Å². The number of fused-ring (bicyclic) bond motifs is 1. The Morgan fingerprint density at radius 3 is 2.56 bits per heavy atom. The minimum atomic E-state index is -0.250. The summed E-state index contributed by atoms with van der Waals surface area (Å²) in [4.78, 5) is 43.8. The Morgan fingerprint density at radius 1 is 1.15 bits per heavy atom. The maximum absolute atomic E-state index is 12.8. The Morgan fingerprint density at radius 2 is 1.85 bits per heavy atom. The van der Waals surface area contributed by atoms with Gasteiger partial charge in [0.15, 0.2) is 0 Å². The fourth-order valence-electron chi connectivity index (χ4n) is 3.52. The number of aromatic nitrogens is 1. The van der Waals surface area contributed by atoms with Gasteiger partial charge in [0.2, 0.25) is 5.91 Å². The highest BCUT2D eigenvalue weighted by molar-refractivity contribution is 5.96. The molecule has 7 nitrogen and oxygen atoms in total. The lowest BCUT2D eigenvalue weighted by Crippen LogP contribution is -2.55. The Labute approximate surface area is 157 Å². The number of nitrogens with zero attached hydrogens (tertiary/aromatic N) is 2. The highest BCUT2D eigenvalue weighted by atomic mass is 16.2. The molecule has 2 aromatic rings. The Hall–Kier alpha value is -2.67. The minimum absolute atomic E-state index is 0.0659. The third-order valence-corrected chi connectivity index (χ3v) is 5.44. The van der Waals surface area contributed by atoms with Crippen molar-refractivity contribution in [3.63, 3.8) is 0 Å². The van der Waals surface area contributed by atoms with Crippen LogP contribution in [0.15, 0.2) is 35.1 Å². The number of carbonyl (C=O) groups excluding carboxylic acids is 2. The van der Waals surface area contributed by atoms with Gasteiger partial charge in [-0.05, 0) is 37.3 Å². The second kappa shape index (κ2) is 7.15. The predicted octanol–water partition coefficient (Wildman–Crippen LogP) is 0.953. The van der Waals surface area contributed by atoms with Crippen LogP contribution in [0.2, 0.25) is 0 Å². The molecule has 2 fully saturated rings. The number of hydrogen-bond acceptors (Lipinski definition) is 4. The van der Waals surface area contributed by atoms with E-state index in [4.69, 9.17) is 0 Å². The van der Waals surface area contributed by atoms with Crippen molar-refractivity contribution in [3.05, 3.63) is 46.4 Å². The van der Waals surface area contributed by atoms with Gasteiger partial charge in [-0.3, -0.25) is 19.3 Å². The van der Waals surface area contributed by atoms with E-state index >= 15 is 0 Å². The molecular weight excluding hydrogens is 344 g/mol. The van der Waals surface area contributed by atoms with E-state index in [0.29, 0.717) is 43.3 Å². The van der Waals surface area contributed by atoms with E-state index in [1.165, 1.54) is 0 Å². The summed E-state index contributed by atoms with van der Waals surface area (Å²) in [5, 5.41) is 4.37. The van der Waals surface area contributed by atoms with Crippen molar-refractivity contribution in [2.75, 3.05) is 26.2 Å². The van der Waals surface area contributed by atoms with Crippen LogP contribution in [0.1, 0.15) is 30.3 Å². The van der Waals surface area contributed by atoms with Gasteiger partial charge in [-0.1, -0.05) is 18.2 Å². The minimum Gasteiger partial charge on any atom is -0.352 e. The van der Waals surface area contributed by atoms with Gasteiger partial charge in [-0.15, -0.1) is 0 Å². The quantitative estimate of drug-likeness (QED) is 0.842. The third kappa shape index (κ3) is 3.73. The number of piperazine rings is 1. The largest absolute Gasteiger partial charge is 0.352 e. The summed E-state index contributed by atoms with van der Waals surface area (Å²) in [5.41, 5.74) is 0.0622. The highest BCUT2D eigenvalue weighted by Gasteiger charge is 2.31. The number of pyridine rings is 1. The summed E-state index contributed by atoms with van der Waals surface area (Å²) >= 11 is 0. The van der Waals surface area contributed by atoms with E-state index in [0.717, 1.165) is 18.2 Å². The molecule has 2 heterocycles. The topological polar surface area (TPSA) is 85.5 Å². The van der Waals surface area contributed by atoms with Gasteiger partial charge in [0.1, 0.15) is 5.69 Å². The standard InChI is InChI=1S/C20H24N4O3/c1-13(18(25)21-15-6-7-15)23-8-10-24(11-9-23)20(27)17-12-14-4-2-3-5-16(14)19(26)22-17/h2-5,12-13,15H,6-11H2,1H3,(H,21,25)(H,22,26). The molecule has 0 spiro atoms. The molecule has 0 radical (unpaired) electrons. The average molecular weight is 368 g/mol. The maximum atomic E-state index is 12.8. The molecule has 1 aromatic carbocycles. The normalized spacial score (nSPS) is 19.1. The number of carbonyl (C=O) groups is 2. The van der Waals surface area contributed by atoms with Crippen molar-refractivity contribution in [3.8, 4) is 0 Å². The van der Waals surface area contributed by atoms with Crippen LogP contribution in [0.4, 0.5) is 0 Å². The van der Waals surface area contributed by atoms with Crippen molar-refractivity contribution in [1.82, 2.24) is 20.1 Å². The van der Waals surface area contributed by atoms with Crippen LogP contribution < -0.4 is 10.9 Å². The van der Waals surface area contributed by atoms with E-state index in [1.807, 2.05) is 19.1 Å². The zero-order valence-electron chi connectivity index (χ0n) is 15.4. The monoisotopic (exact) mass is 368 g/mol. The summed E-state index contributed by atoms with van der Waals surface area (Å²) in [6.07, 6.45) is 2.15. The molecule has 1 saturated carbocycles. The van der Waals surface area contributed by atoms with Crippen molar-refractivity contribution in [2.45, 2.75) is 31.8 Å². The van der Waals surface area contributed by atoms with Crippen LogP contribution in [0.25, 0.3) is 10.8 Å². The molecule has 27 heavy (non-hydrogen) atoms. The van der Waals surface area contributed by atoms with E-state index in [-0.39, 0.29) is 23.4 Å². The second-order valence-electron chi connectivity index (χ2n) is 7.39. The summed E-state index contributed by atoms with van der Waals surface area (Å²) in [5.74, 6) is -0.108. The van der Waals surface area contributed by atoms with Gasteiger partial charge in [-0.25, -0.2) is 0 Å². The number of aromatic amines is 1. The first-order valence-corrected chi connectivity index (χ1v) is 9.48. The number of H-pyrrole nitrogens is 1. The van der Waals surface area contributed by atoms with Gasteiger partial charge in [-0.2, -0.15) is 0 Å². The van der Waals surface area contributed by atoms with Crippen molar-refractivity contribution < 1.29 is 9.59 Å². The molecule has 4 rings (SSSR count). The predicted molar refractivity (Wildman–Crippen MR) is 103 cm³/mol. The van der Waals surface area contributed by atoms with Crippen LogP contribution in [0.3, 0.4) is 0 Å². The van der Waals surface area contributed by atoms with Crippen LogP contribution in [-0.2, 0) is 4.79 Å². The summed E-state index contributed by atoms with van der Waals surface area (Å²) < 4.78 is 0. The van der Waals surface area contributed by atoms with Gasteiger partial charge in [0.05, 0.1) is 6.04 Å². The summed E-state index contributed by atoms with van der Waals surface area (Å²) in [6.45, 7) is 4.27. The lowest BCUT2D eigenvalue weighted by Gasteiger charge is -2.37. The average Bonchev–Trinajstić information content (AvgIpc) is 3.51. The van der Waals surface area contributed by atoms with Crippen LogP contribution in [-0.4, -0.2) is 64.9 Å². The second-order valence-corrected chi connectivity index (χ2v) is 7.39. The lowest BCUT2D eigenvalue weighted by atomic mass is 10.1. The molecule has 2 aliphatic rings. The van der Waals surface area contributed by atoms with E-state index in [9.17, 15) is 14.4 Å². The number of rotatable bonds is 4. The highest BCUT2D eigenvalue weighted by Crippen LogP contribution is 2.19. The molecule has 1 aromatic heterocycles. The molecule has 2 amide bonds. The molecule has 2 N–H and O–H groups in total. The number of benzene rings is 1. The molecule has 142 valence electrons. The third-order valence-electron chi connectivity index (χ3n) is 5.44. The molecule has 1 aliphatic carbocycles. The molecule has 7 heteroatoms. The lowest BCUT2D eigenvalue weighted by molar-refractivity contribution is -0.126. The summed E-state index contributed by atoms with van der Waals surface area (Å²) in [7, 11) is 0. The smallest absolute Gasteiger partial charge is 0.270 e. The van der Waals surface area contributed by atoms with Crippen molar-refractivity contribution in [1.29, 1.82) is 0 Å². The molecular formula is C20H24N4O3. The van der Waals surface area contributed by atoms with Crippen LogP contribution in [0, 0.1) is 0 Å². The molecule has 1 saturated heterocycles. The van der Waals surface area contributed by atoms with Crippen LogP contribution >= 0.6 is 0 Å². The molecule has 1 unspecified atom stereocenters. The fraction of sp³-hybridized carbons (Fsp3) is 0.450. The van der Waals surface area contributed by atoms with E-state index in [1.54, 1.807) is 23.1 Å². The zero-order valence-corrected chi connectivity index (χ0v) is 15.4. The first-order chi connectivity index (χ1) is 13.0. The first-order valence-electron chi connectivity index (χ1n) is 9.48. The molecule has 0 bridgehead atoms. The Bertz CT molecular complexity index is 926. The van der Waals surface area contributed by atoms with E-state index < -0.39 is 0 Å². The van der Waals surface area contributed by atoms with Crippen molar-refractivity contribution >= 4 is 22.6 Å². The Balaban J connectivity index is 1.41. The zero-order chi connectivity index (χ0) is 19.0.